The maximum atomic E-state index is 13.3. The summed E-state index contributed by atoms with van der Waals surface area (Å²) < 4.78 is 33.5. The first-order chi connectivity index (χ1) is 14.4. The van der Waals surface area contributed by atoms with Gasteiger partial charge in [-0.15, -0.1) is 0 Å². The third kappa shape index (κ3) is 4.57. The minimum atomic E-state index is -3.61. The summed E-state index contributed by atoms with van der Waals surface area (Å²) in [5.74, 6) is 1.89. The van der Waals surface area contributed by atoms with Crippen LogP contribution in [0.2, 0.25) is 0 Å². The lowest BCUT2D eigenvalue weighted by molar-refractivity contribution is -0.115. The average Bonchev–Trinajstić information content (AvgIpc) is 3.47. The fourth-order valence-electron chi connectivity index (χ4n) is 3.92. The number of hydrogen-bond donors (Lipinski definition) is 1. The number of piperidine rings is 1. The topological polar surface area (TPSA) is 105 Å². The molecule has 1 aliphatic carbocycles. The van der Waals surface area contributed by atoms with Crippen LogP contribution in [0.4, 0.5) is 5.69 Å². The first-order valence-electron chi connectivity index (χ1n) is 10.6. The van der Waals surface area contributed by atoms with Crippen LogP contribution < -0.4 is 5.32 Å². The predicted molar refractivity (Wildman–Crippen MR) is 112 cm³/mol. The zero-order chi connectivity index (χ0) is 21.3. The molecule has 0 spiro atoms. The van der Waals surface area contributed by atoms with Crippen molar-refractivity contribution in [3.8, 4) is 0 Å². The zero-order valence-corrected chi connectivity index (χ0v) is 18.2. The van der Waals surface area contributed by atoms with E-state index in [2.05, 4.69) is 15.5 Å². The Labute approximate surface area is 177 Å². The number of benzene rings is 1. The molecule has 2 heterocycles. The minimum Gasteiger partial charge on any atom is -0.339 e. The smallest absolute Gasteiger partial charge is 0.243 e. The molecular weight excluding hydrogens is 404 g/mol. The molecule has 1 saturated carbocycles. The van der Waals surface area contributed by atoms with Gasteiger partial charge in [-0.25, -0.2) is 8.42 Å². The monoisotopic (exact) mass is 432 g/mol. The van der Waals surface area contributed by atoms with E-state index in [-0.39, 0.29) is 16.7 Å². The summed E-state index contributed by atoms with van der Waals surface area (Å²) in [6.45, 7) is 4.48. The number of aryl methyl sites for hydroxylation is 1. The molecule has 4 rings (SSSR count). The van der Waals surface area contributed by atoms with E-state index in [9.17, 15) is 13.2 Å². The third-order valence-electron chi connectivity index (χ3n) is 5.77. The Bertz CT molecular complexity index is 1030. The lowest BCUT2D eigenvalue weighted by Crippen LogP contribution is -2.40. The number of nitrogens with zero attached hydrogens (tertiary/aromatic N) is 3. The number of sulfonamides is 1. The summed E-state index contributed by atoms with van der Waals surface area (Å²) >= 11 is 0. The van der Waals surface area contributed by atoms with Crippen LogP contribution in [0, 0.1) is 12.8 Å². The molecule has 1 atom stereocenters. The van der Waals surface area contributed by atoms with Gasteiger partial charge in [0, 0.05) is 37.5 Å². The van der Waals surface area contributed by atoms with E-state index in [1.807, 2.05) is 0 Å². The number of rotatable bonds is 7. The van der Waals surface area contributed by atoms with E-state index in [1.165, 1.54) is 0 Å². The van der Waals surface area contributed by atoms with Gasteiger partial charge in [0.25, 0.3) is 0 Å². The van der Waals surface area contributed by atoms with Crippen molar-refractivity contribution in [3.63, 3.8) is 0 Å². The molecule has 30 heavy (non-hydrogen) atoms. The van der Waals surface area contributed by atoms with Crippen LogP contribution in [-0.2, 0) is 21.2 Å². The van der Waals surface area contributed by atoms with Crippen molar-refractivity contribution in [2.24, 2.45) is 5.92 Å². The highest BCUT2D eigenvalue weighted by Crippen LogP contribution is 2.38. The molecule has 1 saturated heterocycles. The quantitative estimate of drug-likeness (QED) is 0.720. The fourth-order valence-corrected chi connectivity index (χ4v) is 5.68. The Hall–Kier alpha value is -2.26. The van der Waals surface area contributed by atoms with E-state index < -0.39 is 10.0 Å². The van der Waals surface area contributed by atoms with E-state index in [0.29, 0.717) is 49.0 Å². The highest BCUT2D eigenvalue weighted by molar-refractivity contribution is 7.89. The van der Waals surface area contributed by atoms with Gasteiger partial charge in [0.05, 0.1) is 4.90 Å². The summed E-state index contributed by atoms with van der Waals surface area (Å²) in [5.41, 5.74) is 1.23. The zero-order valence-electron chi connectivity index (χ0n) is 17.4. The van der Waals surface area contributed by atoms with E-state index in [4.69, 9.17) is 4.52 Å². The Morgan fingerprint density at radius 1 is 1.30 bits per heavy atom. The van der Waals surface area contributed by atoms with Crippen LogP contribution in [0.3, 0.4) is 0 Å². The second-order valence-corrected chi connectivity index (χ2v) is 10.2. The third-order valence-corrected chi connectivity index (χ3v) is 7.79. The van der Waals surface area contributed by atoms with Crippen LogP contribution in [0.15, 0.2) is 27.6 Å². The predicted octanol–water partition coefficient (Wildman–Crippen LogP) is 3.25. The number of carbonyl (C=O) groups excluding carboxylic acids is 1. The molecule has 2 aromatic rings. The lowest BCUT2D eigenvalue weighted by Gasteiger charge is -2.31. The van der Waals surface area contributed by atoms with Crippen LogP contribution >= 0.6 is 0 Å². The molecule has 0 unspecified atom stereocenters. The molecule has 162 valence electrons. The van der Waals surface area contributed by atoms with E-state index >= 15 is 0 Å². The molecule has 1 amide bonds. The highest BCUT2D eigenvalue weighted by Gasteiger charge is 2.33. The molecule has 9 heteroatoms. The van der Waals surface area contributed by atoms with E-state index in [0.717, 1.165) is 31.5 Å². The molecule has 1 aromatic carbocycles. The van der Waals surface area contributed by atoms with Crippen LogP contribution in [0.25, 0.3) is 0 Å². The maximum absolute atomic E-state index is 13.3. The first-order valence-corrected chi connectivity index (χ1v) is 12.0. The molecular formula is C21H28N4O4S. The van der Waals surface area contributed by atoms with Crippen LogP contribution in [0.1, 0.15) is 62.2 Å². The molecule has 0 bridgehead atoms. The minimum absolute atomic E-state index is 0.102. The fraction of sp³-hybridized carbons (Fsp3) is 0.571. The second kappa shape index (κ2) is 8.47. The molecule has 2 aliphatic rings. The van der Waals surface area contributed by atoms with Gasteiger partial charge in [-0.1, -0.05) is 12.1 Å². The number of carbonyl (C=O) groups is 1. The van der Waals surface area contributed by atoms with Crippen molar-refractivity contribution in [1.82, 2.24) is 14.4 Å². The number of hydrogen-bond acceptors (Lipinski definition) is 6. The Kier molecular flexibility index (Phi) is 5.92. The van der Waals surface area contributed by atoms with Gasteiger partial charge >= 0.3 is 0 Å². The first kappa shape index (κ1) is 21.0. The summed E-state index contributed by atoms with van der Waals surface area (Å²) in [4.78, 5) is 16.4. The molecule has 2 fully saturated rings. The van der Waals surface area contributed by atoms with Crippen molar-refractivity contribution >= 4 is 21.6 Å². The Morgan fingerprint density at radius 2 is 2.10 bits per heavy atom. The second-order valence-electron chi connectivity index (χ2n) is 8.28. The Balaban J connectivity index is 1.45. The summed E-state index contributed by atoms with van der Waals surface area (Å²) in [6, 6.07) is 4.94. The molecule has 1 aliphatic heterocycles. The highest BCUT2D eigenvalue weighted by atomic mass is 32.2. The summed E-state index contributed by atoms with van der Waals surface area (Å²) in [5, 5.41) is 6.83. The maximum Gasteiger partial charge on any atom is 0.243 e. The molecule has 0 radical (unpaired) electrons. The van der Waals surface area contributed by atoms with Gasteiger partial charge < -0.3 is 9.84 Å². The number of anilines is 1. The van der Waals surface area contributed by atoms with Gasteiger partial charge in [-0.05, 0) is 62.3 Å². The lowest BCUT2D eigenvalue weighted by atomic mass is 9.96. The van der Waals surface area contributed by atoms with E-state index in [1.54, 1.807) is 36.4 Å². The van der Waals surface area contributed by atoms with Crippen LogP contribution in [0.5, 0.6) is 0 Å². The molecule has 8 nitrogen and oxygen atoms in total. The summed E-state index contributed by atoms with van der Waals surface area (Å²) in [6.07, 6.45) is 4.96. The molecule has 1 aromatic heterocycles. The molecule has 1 N–H and O–H groups in total. The van der Waals surface area contributed by atoms with Crippen molar-refractivity contribution in [2.75, 3.05) is 18.4 Å². The number of aromatic nitrogens is 2. The summed E-state index contributed by atoms with van der Waals surface area (Å²) in [7, 11) is -3.61. The van der Waals surface area contributed by atoms with Crippen molar-refractivity contribution in [2.45, 2.75) is 63.2 Å². The van der Waals surface area contributed by atoms with Gasteiger partial charge in [0.15, 0.2) is 5.82 Å². The Morgan fingerprint density at radius 3 is 2.80 bits per heavy atom. The normalized spacial score (nSPS) is 20.3. The largest absolute Gasteiger partial charge is 0.339 e. The van der Waals surface area contributed by atoms with Crippen molar-refractivity contribution in [3.05, 3.63) is 35.5 Å². The van der Waals surface area contributed by atoms with Crippen molar-refractivity contribution < 1.29 is 17.7 Å². The van der Waals surface area contributed by atoms with Crippen molar-refractivity contribution in [1.29, 1.82) is 0 Å². The van der Waals surface area contributed by atoms with Crippen LogP contribution in [-0.4, -0.2) is 41.9 Å². The SMILES string of the molecule is CCC(=O)Nc1ccc(S(=O)(=O)N2CCC[C@H](Cc3nc(C4CC4)no3)C2)c(C)c1. The number of amides is 1. The van der Waals surface area contributed by atoms with Gasteiger partial charge in [-0.2, -0.15) is 9.29 Å². The standard InChI is InChI=1S/C21H28N4O4S/c1-3-19(26)22-17-8-9-18(14(2)11-17)30(27,28)25-10-4-5-15(13-25)12-20-23-21(24-29-20)16-6-7-16/h8-9,11,15-16H,3-7,10,12-13H2,1-2H3,(H,22,26)/t15-/m1/s1. The average molecular weight is 433 g/mol. The van der Waals surface area contributed by atoms with Gasteiger partial charge in [0.2, 0.25) is 21.8 Å². The number of nitrogens with one attached hydrogen (secondary N) is 1. The van der Waals surface area contributed by atoms with Gasteiger partial charge in [-0.3, -0.25) is 4.79 Å². The van der Waals surface area contributed by atoms with Gasteiger partial charge in [0.1, 0.15) is 0 Å².